The number of nitrogens with one attached hydrogen (secondary N) is 1. The quantitative estimate of drug-likeness (QED) is 0.880. The van der Waals surface area contributed by atoms with Crippen LogP contribution in [0.3, 0.4) is 0 Å². The average molecular weight is 251 g/mol. The van der Waals surface area contributed by atoms with E-state index in [1.807, 2.05) is 13.0 Å². The molecule has 1 aromatic heterocycles. The van der Waals surface area contributed by atoms with Gasteiger partial charge in [0, 0.05) is 11.6 Å². The minimum atomic E-state index is -0.810. The lowest BCUT2D eigenvalue weighted by atomic mass is 10.0. The highest BCUT2D eigenvalue weighted by Gasteiger charge is 2.16. The molecule has 0 spiro atoms. The molecule has 1 aromatic carbocycles. The zero-order valence-corrected chi connectivity index (χ0v) is 10.1. The number of hydrogen-bond donors (Lipinski definition) is 1. The van der Waals surface area contributed by atoms with Crippen molar-refractivity contribution in [2.75, 3.05) is 6.54 Å². The second-order valence-corrected chi connectivity index (χ2v) is 4.08. The smallest absolute Gasteiger partial charge is 0.162 e. The summed E-state index contributed by atoms with van der Waals surface area (Å²) in [5.74, 6) is -1.58. The molecule has 2 rings (SSSR count). The number of benzene rings is 1. The summed E-state index contributed by atoms with van der Waals surface area (Å²) in [6.07, 6.45) is 3.57. The zero-order chi connectivity index (χ0) is 13.0. The highest BCUT2D eigenvalue weighted by Crippen LogP contribution is 2.21. The van der Waals surface area contributed by atoms with Gasteiger partial charge in [-0.3, -0.25) is 0 Å². The summed E-state index contributed by atoms with van der Waals surface area (Å²) in [5.41, 5.74) is 1.29. The first kappa shape index (κ1) is 12.8. The number of halogens is 2. The van der Waals surface area contributed by atoms with Gasteiger partial charge in [-0.25, -0.2) is 8.78 Å². The molecule has 0 fully saturated rings. The van der Waals surface area contributed by atoms with Crippen LogP contribution in [0.15, 0.2) is 41.2 Å². The molecule has 4 heteroatoms. The third-order valence-corrected chi connectivity index (χ3v) is 2.85. The van der Waals surface area contributed by atoms with E-state index in [0.29, 0.717) is 12.0 Å². The molecule has 0 aliphatic heterocycles. The Hall–Kier alpha value is -1.68. The van der Waals surface area contributed by atoms with Crippen LogP contribution in [-0.4, -0.2) is 6.54 Å². The lowest BCUT2D eigenvalue weighted by Crippen LogP contribution is -2.23. The minimum Gasteiger partial charge on any atom is -0.472 e. The van der Waals surface area contributed by atoms with Crippen LogP contribution in [0, 0.1) is 11.6 Å². The van der Waals surface area contributed by atoms with Crippen LogP contribution in [-0.2, 0) is 6.42 Å². The van der Waals surface area contributed by atoms with Gasteiger partial charge in [0.05, 0.1) is 12.5 Å². The van der Waals surface area contributed by atoms with Crippen LogP contribution in [0.1, 0.15) is 24.1 Å². The van der Waals surface area contributed by atoms with Gasteiger partial charge in [-0.2, -0.15) is 0 Å². The van der Waals surface area contributed by atoms with Gasteiger partial charge in [-0.05, 0) is 30.7 Å². The maximum atomic E-state index is 13.6. The topological polar surface area (TPSA) is 25.2 Å². The lowest BCUT2D eigenvalue weighted by molar-refractivity contribution is 0.478. The number of furan rings is 1. The van der Waals surface area contributed by atoms with Crippen molar-refractivity contribution in [3.63, 3.8) is 0 Å². The molecule has 1 heterocycles. The Kier molecular flexibility index (Phi) is 4.10. The predicted molar refractivity (Wildman–Crippen MR) is 65.2 cm³/mol. The van der Waals surface area contributed by atoms with Crippen LogP contribution in [0.4, 0.5) is 8.78 Å². The fourth-order valence-electron chi connectivity index (χ4n) is 1.95. The van der Waals surface area contributed by atoms with Gasteiger partial charge in [-0.1, -0.05) is 19.1 Å². The Balaban J connectivity index is 2.21. The average Bonchev–Trinajstić information content (AvgIpc) is 2.88. The first-order valence-corrected chi connectivity index (χ1v) is 5.90. The normalized spacial score (nSPS) is 12.6. The molecular formula is C14H15F2NO. The van der Waals surface area contributed by atoms with Gasteiger partial charge in [0.25, 0.3) is 0 Å². The predicted octanol–water partition coefficient (Wildman–Crippen LogP) is 3.45. The van der Waals surface area contributed by atoms with Crippen molar-refractivity contribution in [3.05, 3.63) is 59.6 Å². The van der Waals surface area contributed by atoms with E-state index in [2.05, 4.69) is 5.32 Å². The summed E-state index contributed by atoms with van der Waals surface area (Å²) in [4.78, 5) is 0. The Bertz CT molecular complexity index is 497. The van der Waals surface area contributed by atoms with Crippen molar-refractivity contribution in [1.29, 1.82) is 0 Å². The van der Waals surface area contributed by atoms with Gasteiger partial charge in [0.15, 0.2) is 11.6 Å². The van der Waals surface area contributed by atoms with Crippen LogP contribution >= 0.6 is 0 Å². The molecule has 2 aromatic rings. The number of likely N-dealkylation sites (N-methyl/N-ethyl adjacent to an activating group) is 1. The molecule has 18 heavy (non-hydrogen) atoms. The van der Waals surface area contributed by atoms with E-state index >= 15 is 0 Å². The van der Waals surface area contributed by atoms with Crippen LogP contribution in [0.2, 0.25) is 0 Å². The van der Waals surface area contributed by atoms with Crippen molar-refractivity contribution in [3.8, 4) is 0 Å². The highest BCUT2D eigenvalue weighted by molar-refractivity contribution is 5.23. The van der Waals surface area contributed by atoms with E-state index < -0.39 is 11.6 Å². The van der Waals surface area contributed by atoms with E-state index in [1.165, 1.54) is 6.07 Å². The molecule has 0 aliphatic rings. The van der Waals surface area contributed by atoms with E-state index in [0.717, 1.165) is 18.2 Å². The molecule has 2 nitrogen and oxygen atoms in total. The first-order chi connectivity index (χ1) is 8.72. The van der Waals surface area contributed by atoms with Crippen molar-refractivity contribution < 1.29 is 13.2 Å². The van der Waals surface area contributed by atoms with Crippen molar-refractivity contribution in [1.82, 2.24) is 5.32 Å². The summed E-state index contributed by atoms with van der Waals surface area (Å²) < 4.78 is 31.8. The van der Waals surface area contributed by atoms with E-state index in [-0.39, 0.29) is 6.04 Å². The van der Waals surface area contributed by atoms with Gasteiger partial charge >= 0.3 is 0 Å². The molecule has 0 bridgehead atoms. The van der Waals surface area contributed by atoms with Crippen molar-refractivity contribution >= 4 is 0 Å². The molecule has 96 valence electrons. The SMILES string of the molecule is CCNC(Cc1cccc(F)c1F)c1ccoc1. The van der Waals surface area contributed by atoms with E-state index in [4.69, 9.17) is 4.42 Å². The zero-order valence-electron chi connectivity index (χ0n) is 10.1. The van der Waals surface area contributed by atoms with Crippen LogP contribution in [0.5, 0.6) is 0 Å². The Labute approximate surface area is 105 Å². The molecule has 0 saturated heterocycles. The second-order valence-electron chi connectivity index (χ2n) is 4.08. The minimum absolute atomic E-state index is 0.0787. The third-order valence-electron chi connectivity index (χ3n) is 2.85. The molecule has 1 unspecified atom stereocenters. The maximum absolute atomic E-state index is 13.6. The summed E-state index contributed by atoms with van der Waals surface area (Å²) in [6, 6.07) is 5.99. The van der Waals surface area contributed by atoms with Gasteiger partial charge < -0.3 is 9.73 Å². The Morgan fingerprint density at radius 3 is 2.78 bits per heavy atom. The second kappa shape index (κ2) is 5.78. The van der Waals surface area contributed by atoms with Crippen molar-refractivity contribution in [2.45, 2.75) is 19.4 Å². The highest BCUT2D eigenvalue weighted by atomic mass is 19.2. The maximum Gasteiger partial charge on any atom is 0.162 e. The van der Waals surface area contributed by atoms with Crippen molar-refractivity contribution in [2.24, 2.45) is 0 Å². The van der Waals surface area contributed by atoms with Gasteiger partial charge in [0.2, 0.25) is 0 Å². The fraction of sp³-hybridized carbons (Fsp3) is 0.286. The molecular weight excluding hydrogens is 236 g/mol. The van der Waals surface area contributed by atoms with Crippen LogP contribution in [0.25, 0.3) is 0 Å². The molecule has 1 atom stereocenters. The third kappa shape index (κ3) is 2.76. The number of hydrogen-bond acceptors (Lipinski definition) is 2. The fourth-order valence-corrected chi connectivity index (χ4v) is 1.95. The van der Waals surface area contributed by atoms with E-state index in [1.54, 1.807) is 18.6 Å². The molecule has 0 radical (unpaired) electrons. The summed E-state index contributed by atoms with van der Waals surface area (Å²) in [7, 11) is 0. The van der Waals surface area contributed by atoms with Gasteiger partial charge in [0.1, 0.15) is 0 Å². The summed E-state index contributed by atoms with van der Waals surface area (Å²) in [5, 5.41) is 3.23. The Morgan fingerprint density at radius 2 is 2.11 bits per heavy atom. The molecule has 1 N–H and O–H groups in total. The molecule has 0 amide bonds. The van der Waals surface area contributed by atoms with E-state index in [9.17, 15) is 8.78 Å². The Morgan fingerprint density at radius 1 is 1.28 bits per heavy atom. The largest absolute Gasteiger partial charge is 0.472 e. The van der Waals surface area contributed by atoms with Crippen LogP contribution < -0.4 is 5.32 Å². The first-order valence-electron chi connectivity index (χ1n) is 5.90. The lowest BCUT2D eigenvalue weighted by Gasteiger charge is -2.16. The molecule has 0 aliphatic carbocycles. The summed E-state index contributed by atoms with van der Waals surface area (Å²) >= 11 is 0. The molecule has 0 saturated carbocycles. The number of rotatable bonds is 5. The summed E-state index contributed by atoms with van der Waals surface area (Å²) in [6.45, 7) is 2.71. The monoisotopic (exact) mass is 251 g/mol. The van der Waals surface area contributed by atoms with Gasteiger partial charge in [-0.15, -0.1) is 0 Å². The standard InChI is InChI=1S/C14H15F2NO/c1-2-17-13(11-6-7-18-9-11)8-10-4-3-5-12(15)14(10)16/h3-7,9,13,17H,2,8H2,1H3.